The van der Waals surface area contributed by atoms with Gasteiger partial charge < -0.3 is 10.6 Å². The van der Waals surface area contributed by atoms with E-state index in [1.54, 1.807) is 6.20 Å². The molecule has 0 aliphatic heterocycles. The van der Waals surface area contributed by atoms with Crippen LogP contribution in [0.25, 0.3) is 11.0 Å². The molecule has 3 rings (SSSR count). The van der Waals surface area contributed by atoms with E-state index in [0.717, 1.165) is 24.0 Å². The van der Waals surface area contributed by atoms with Crippen LogP contribution in [0.5, 0.6) is 0 Å². The van der Waals surface area contributed by atoms with Crippen LogP contribution in [0.15, 0.2) is 30.5 Å². The lowest BCUT2D eigenvalue weighted by atomic mass is 10.3. The number of halogens is 1. The molecule has 6 nitrogen and oxygen atoms in total. The highest BCUT2D eigenvalue weighted by Gasteiger charge is 2.09. The fourth-order valence-corrected chi connectivity index (χ4v) is 2.04. The molecule has 2 heterocycles. The Morgan fingerprint density at radius 3 is 2.76 bits per heavy atom. The molecule has 21 heavy (non-hydrogen) atoms. The van der Waals surface area contributed by atoms with Gasteiger partial charge in [0.2, 0.25) is 5.95 Å². The molecule has 0 fully saturated rings. The maximum atomic E-state index is 5.90. The summed E-state index contributed by atoms with van der Waals surface area (Å²) in [5.74, 6) is 1.28. The Balaban J connectivity index is 1.95. The second kappa shape index (κ2) is 5.97. The summed E-state index contributed by atoms with van der Waals surface area (Å²) < 4.78 is 0. The second-order valence-corrected chi connectivity index (χ2v) is 5.02. The van der Waals surface area contributed by atoms with E-state index in [1.807, 2.05) is 24.3 Å². The van der Waals surface area contributed by atoms with Crippen LogP contribution >= 0.6 is 11.6 Å². The molecular formula is C14H15ClN6. The Bertz CT molecular complexity index is 737. The molecule has 0 saturated heterocycles. The summed E-state index contributed by atoms with van der Waals surface area (Å²) in [4.78, 5) is 8.89. The highest BCUT2D eigenvalue weighted by molar-refractivity contribution is 6.30. The summed E-state index contributed by atoms with van der Waals surface area (Å²) in [5, 5.41) is 14.9. The molecule has 0 spiro atoms. The van der Waals surface area contributed by atoms with Gasteiger partial charge in [0.15, 0.2) is 5.65 Å². The van der Waals surface area contributed by atoms with Gasteiger partial charge in [-0.15, -0.1) is 0 Å². The number of hydrogen-bond acceptors (Lipinski definition) is 5. The van der Waals surface area contributed by atoms with Gasteiger partial charge in [0, 0.05) is 17.3 Å². The van der Waals surface area contributed by atoms with Gasteiger partial charge in [0.1, 0.15) is 5.82 Å². The maximum Gasteiger partial charge on any atom is 0.226 e. The lowest BCUT2D eigenvalue weighted by Gasteiger charge is -2.09. The number of nitrogens with one attached hydrogen (secondary N) is 3. The van der Waals surface area contributed by atoms with Gasteiger partial charge in [-0.3, -0.25) is 5.10 Å². The van der Waals surface area contributed by atoms with Crippen molar-refractivity contribution in [3.8, 4) is 0 Å². The standard InChI is InChI=1S/C14H15ClN6/c1-2-7-16-14-19-12(11-8-17-21-13(11)20-14)18-10-5-3-9(15)4-6-10/h3-6,8H,2,7H2,1H3,(H3,16,17,18,19,20,21). The molecule has 0 aliphatic carbocycles. The number of fused-ring (bicyclic) bond motifs is 1. The van der Waals surface area contributed by atoms with E-state index in [2.05, 4.69) is 37.7 Å². The van der Waals surface area contributed by atoms with Crippen LogP contribution in [0.3, 0.4) is 0 Å². The first kappa shape index (κ1) is 13.6. The summed E-state index contributed by atoms with van der Waals surface area (Å²) in [7, 11) is 0. The Morgan fingerprint density at radius 2 is 2.00 bits per heavy atom. The van der Waals surface area contributed by atoms with Crippen molar-refractivity contribution in [2.24, 2.45) is 0 Å². The average molecular weight is 303 g/mol. The predicted molar refractivity (Wildman–Crippen MR) is 85.2 cm³/mol. The van der Waals surface area contributed by atoms with Crippen LogP contribution in [0.2, 0.25) is 5.02 Å². The van der Waals surface area contributed by atoms with Crippen molar-refractivity contribution in [2.45, 2.75) is 13.3 Å². The molecule has 0 amide bonds. The Labute approximate surface area is 127 Å². The molecule has 0 saturated carbocycles. The Hall–Kier alpha value is -2.34. The first-order valence-corrected chi connectivity index (χ1v) is 7.11. The van der Waals surface area contributed by atoms with Crippen molar-refractivity contribution >= 4 is 40.1 Å². The lowest BCUT2D eigenvalue weighted by molar-refractivity contribution is 0.955. The van der Waals surface area contributed by atoms with Crippen LogP contribution < -0.4 is 10.6 Å². The molecule has 0 radical (unpaired) electrons. The van der Waals surface area contributed by atoms with E-state index in [4.69, 9.17) is 11.6 Å². The number of hydrogen-bond donors (Lipinski definition) is 3. The van der Waals surface area contributed by atoms with Crippen molar-refractivity contribution in [1.29, 1.82) is 0 Å². The number of anilines is 3. The fraction of sp³-hybridized carbons (Fsp3) is 0.214. The molecule has 7 heteroatoms. The van der Waals surface area contributed by atoms with Crippen LogP contribution in [0.1, 0.15) is 13.3 Å². The number of rotatable bonds is 5. The van der Waals surface area contributed by atoms with Crippen LogP contribution in [-0.4, -0.2) is 26.7 Å². The minimum Gasteiger partial charge on any atom is -0.354 e. The number of aromatic nitrogens is 4. The molecular weight excluding hydrogens is 288 g/mol. The van der Waals surface area contributed by atoms with Crippen molar-refractivity contribution in [1.82, 2.24) is 20.2 Å². The third kappa shape index (κ3) is 3.05. The van der Waals surface area contributed by atoms with Gasteiger partial charge >= 0.3 is 0 Å². The average Bonchev–Trinajstić information content (AvgIpc) is 2.96. The summed E-state index contributed by atoms with van der Waals surface area (Å²) in [6, 6.07) is 7.45. The summed E-state index contributed by atoms with van der Waals surface area (Å²) in [6.45, 7) is 2.91. The molecule has 0 unspecified atom stereocenters. The van der Waals surface area contributed by atoms with Gasteiger partial charge in [-0.25, -0.2) is 0 Å². The Kier molecular flexibility index (Phi) is 3.87. The predicted octanol–water partition coefficient (Wildman–Crippen LogP) is 3.57. The van der Waals surface area contributed by atoms with Gasteiger partial charge in [-0.05, 0) is 30.7 Å². The summed E-state index contributed by atoms with van der Waals surface area (Å²) in [6.07, 6.45) is 2.71. The quantitative estimate of drug-likeness (QED) is 0.671. The second-order valence-electron chi connectivity index (χ2n) is 4.59. The molecule has 2 aromatic heterocycles. The Morgan fingerprint density at radius 1 is 1.19 bits per heavy atom. The summed E-state index contributed by atoms with van der Waals surface area (Å²) in [5.41, 5.74) is 1.60. The van der Waals surface area contributed by atoms with Crippen molar-refractivity contribution in [2.75, 3.05) is 17.2 Å². The highest BCUT2D eigenvalue weighted by atomic mass is 35.5. The maximum absolute atomic E-state index is 5.90. The van der Waals surface area contributed by atoms with Gasteiger partial charge in [-0.1, -0.05) is 18.5 Å². The zero-order chi connectivity index (χ0) is 14.7. The number of benzene rings is 1. The third-order valence-corrected chi connectivity index (χ3v) is 3.20. The smallest absolute Gasteiger partial charge is 0.226 e. The summed E-state index contributed by atoms with van der Waals surface area (Å²) >= 11 is 5.90. The molecule has 108 valence electrons. The van der Waals surface area contributed by atoms with E-state index >= 15 is 0 Å². The van der Waals surface area contributed by atoms with Crippen molar-refractivity contribution in [3.63, 3.8) is 0 Å². The van der Waals surface area contributed by atoms with Crippen LogP contribution in [0, 0.1) is 0 Å². The van der Waals surface area contributed by atoms with Gasteiger partial charge in [-0.2, -0.15) is 15.1 Å². The minimum absolute atomic E-state index is 0.574. The SMILES string of the molecule is CCCNc1nc(Nc2ccc(Cl)cc2)c2cn[nH]c2n1. The first-order chi connectivity index (χ1) is 10.3. The van der Waals surface area contributed by atoms with Crippen LogP contribution in [-0.2, 0) is 0 Å². The lowest BCUT2D eigenvalue weighted by Crippen LogP contribution is -2.06. The number of H-pyrrole nitrogens is 1. The topological polar surface area (TPSA) is 78.5 Å². The minimum atomic E-state index is 0.574. The van der Waals surface area contributed by atoms with E-state index < -0.39 is 0 Å². The highest BCUT2D eigenvalue weighted by Crippen LogP contribution is 2.24. The zero-order valence-corrected chi connectivity index (χ0v) is 12.3. The zero-order valence-electron chi connectivity index (χ0n) is 11.5. The molecule has 3 N–H and O–H groups in total. The van der Waals surface area contributed by atoms with E-state index in [0.29, 0.717) is 22.4 Å². The van der Waals surface area contributed by atoms with Crippen molar-refractivity contribution in [3.05, 3.63) is 35.5 Å². The largest absolute Gasteiger partial charge is 0.354 e. The van der Waals surface area contributed by atoms with E-state index in [-0.39, 0.29) is 0 Å². The molecule has 0 bridgehead atoms. The molecule has 0 atom stereocenters. The normalized spacial score (nSPS) is 10.8. The molecule has 0 aliphatic rings. The van der Waals surface area contributed by atoms with E-state index in [1.165, 1.54) is 0 Å². The fourth-order valence-electron chi connectivity index (χ4n) is 1.92. The number of aromatic amines is 1. The van der Waals surface area contributed by atoms with E-state index in [9.17, 15) is 0 Å². The van der Waals surface area contributed by atoms with Gasteiger partial charge in [0.25, 0.3) is 0 Å². The monoisotopic (exact) mass is 302 g/mol. The molecule has 1 aromatic carbocycles. The third-order valence-electron chi connectivity index (χ3n) is 2.95. The molecule has 3 aromatic rings. The number of nitrogens with zero attached hydrogens (tertiary/aromatic N) is 3. The van der Waals surface area contributed by atoms with Crippen LogP contribution in [0.4, 0.5) is 17.5 Å². The van der Waals surface area contributed by atoms with Crippen molar-refractivity contribution < 1.29 is 0 Å². The van der Waals surface area contributed by atoms with Gasteiger partial charge in [0.05, 0.1) is 11.6 Å². The first-order valence-electron chi connectivity index (χ1n) is 6.74.